The highest BCUT2D eigenvalue weighted by atomic mass is 16.2. The van der Waals surface area contributed by atoms with Crippen LogP contribution in [0.4, 0.5) is 4.79 Å². The molecule has 34 heavy (non-hydrogen) atoms. The first-order valence-electron chi connectivity index (χ1n) is 12.9. The summed E-state index contributed by atoms with van der Waals surface area (Å²) >= 11 is 0. The van der Waals surface area contributed by atoms with Crippen LogP contribution in [0, 0.1) is 0 Å². The van der Waals surface area contributed by atoms with Gasteiger partial charge in [-0.2, -0.15) is 0 Å². The van der Waals surface area contributed by atoms with Crippen molar-refractivity contribution in [2.75, 3.05) is 6.54 Å². The maximum absolute atomic E-state index is 13.7. The van der Waals surface area contributed by atoms with E-state index in [0.29, 0.717) is 0 Å². The molecule has 0 bridgehead atoms. The summed E-state index contributed by atoms with van der Waals surface area (Å²) in [6.07, 6.45) is 11.1. The quantitative estimate of drug-likeness (QED) is 0.630. The third kappa shape index (κ3) is 4.08. The van der Waals surface area contributed by atoms with E-state index in [9.17, 15) is 14.4 Å². The zero-order valence-electron chi connectivity index (χ0n) is 20.1. The lowest BCUT2D eigenvalue weighted by Crippen LogP contribution is -2.53. The summed E-state index contributed by atoms with van der Waals surface area (Å²) < 4.78 is 0. The largest absolute Gasteiger partial charge is 0.335 e. The summed E-state index contributed by atoms with van der Waals surface area (Å²) in [5.74, 6) is -0.432. The minimum Gasteiger partial charge on any atom is -0.335 e. The fraction of sp³-hybridized carbons (Fsp3) is 0.536. The SMILES string of the molecule is CC1(c2cccc3ccccc23)NC(=O)N(CC(=O)N(C2CCCCC2)C2CCCCC2)C1=O. The number of imide groups is 1. The van der Waals surface area contributed by atoms with Gasteiger partial charge in [-0.1, -0.05) is 81.0 Å². The highest BCUT2D eigenvalue weighted by Crippen LogP contribution is 2.35. The van der Waals surface area contributed by atoms with Crippen LogP contribution in [-0.2, 0) is 15.1 Å². The number of fused-ring (bicyclic) bond motifs is 1. The standard InChI is InChI=1S/C28H35N3O3/c1-28(24-18-10-12-20-11-8-9-17-23(20)24)26(33)30(27(34)29-28)19-25(32)31(21-13-4-2-5-14-21)22-15-6-3-7-16-22/h8-12,17-18,21-22H,2-7,13-16,19H2,1H3,(H,29,34). The van der Waals surface area contributed by atoms with Gasteiger partial charge in [0.05, 0.1) is 0 Å². The van der Waals surface area contributed by atoms with Gasteiger partial charge < -0.3 is 10.2 Å². The number of carbonyl (C=O) groups excluding carboxylic acids is 3. The van der Waals surface area contributed by atoms with Gasteiger partial charge in [-0.05, 0) is 48.9 Å². The van der Waals surface area contributed by atoms with Gasteiger partial charge in [0.25, 0.3) is 5.91 Å². The predicted molar refractivity (Wildman–Crippen MR) is 132 cm³/mol. The summed E-state index contributed by atoms with van der Waals surface area (Å²) in [5.41, 5.74) is -0.436. The van der Waals surface area contributed by atoms with Crippen LogP contribution in [0.15, 0.2) is 42.5 Å². The number of rotatable bonds is 5. The summed E-state index contributed by atoms with van der Waals surface area (Å²) in [4.78, 5) is 43.6. The van der Waals surface area contributed by atoms with Crippen molar-refractivity contribution in [3.63, 3.8) is 0 Å². The minimum absolute atomic E-state index is 0.0792. The first kappa shape index (κ1) is 22.9. The first-order chi connectivity index (χ1) is 16.5. The number of hydrogen-bond acceptors (Lipinski definition) is 3. The third-order valence-corrected chi connectivity index (χ3v) is 8.12. The van der Waals surface area contributed by atoms with Crippen LogP contribution in [-0.4, -0.2) is 46.3 Å². The molecule has 1 N–H and O–H groups in total. The van der Waals surface area contributed by atoms with Crippen LogP contribution in [0.2, 0.25) is 0 Å². The van der Waals surface area contributed by atoms with Crippen LogP contribution in [0.25, 0.3) is 10.8 Å². The lowest BCUT2D eigenvalue weighted by Gasteiger charge is -2.42. The van der Waals surface area contributed by atoms with E-state index in [1.54, 1.807) is 6.92 Å². The van der Waals surface area contributed by atoms with E-state index < -0.39 is 11.6 Å². The highest BCUT2D eigenvalue weighted by Gasteiger charge is 2.50. The fourth-order valence-corrected chi connectivity index (χ4v) is 6.33. The average molecular weight is 462 g/mol. The highest BCUT2D eigenvalue weighted by molar-refractivity contribution is 6.10. The minimum atomic E-state index is -1.20. The molecule has 6 heteroatoms. The molecule has 0 aromatic heterocycles. The summed E-state index contributed by atoms with van der Waals surface area (Å²) in [6, 6.07) is 13.6. The molecule has 1 unspecified atom stereocenters. The van der Waals surface area contributed by atoms with Crippen molar-refractivity contribution in [1.29, 1.82) is 0 Å². The van der Waals surface area contributed by atoms with Crippen molar-refractivity contribution in [2.45, 2.75) is 88.8 Å². The molecular formula is C28H35N3O3. The molecule has 180 valence electrons. The molecule has 2 aliphatic carbocycles. The molecule has 6 nitrogen and oxygen atoms in total. The Kier molecular flexibility index (Phi) is 6.32. The van der Waals surface area contributed by atoms with Crippen LogP contribution >= 0.6 is 0 Å². The molecule has 0 radical (unpaired) electrons. The molecule has 2 aromatic carbocycles. The topological polar surface area (TPSA) is 69.7 Å². The van der Waals surface area contributed by atoms with Crippen LogP contribution in [0.3, 0.4) is 0 Å². The van der Waals surface area contributed by atoms with E-state index >= 15 is 0 Å². The van der Waals surface area contributed by atoms with E-state index in [4.69, 9.17) is 0 Å². The Labute approximate surface area is 201 Å². The first-order valence-corrected chi connectivity index (χ1v) is 12.9. The molecule has 1 saturated heterocycles. The smallest absolute Gasteiger partial charge is 0.325 e. The number of amides is 4. The Balaban J connectivity index is 1.40. The predicted octanol–water partition coefficient (Wildman–Crippen LogP) is 5.10. The molecule has 0 spiro atoms. The summed E-state index contributed by atoms with van der Waals surface area (Å²) in [7, 11) is 0. The summed E-state index contributed by atoms with van der Waals surface area (Å²) in [6.45, 7) is 1.57. The number of benzene rings is 2. The molecule has 3 fully saturated rings. The third-order valence-electron chi connectivity index (χ3n) is 8.12. The van der Waals surface area contributed by atoms with Crippen molar-refractivity contribution in [2.24, 2.45) is 0 Å². The van der Waals surface area contributed by atoms with Gasteiger partial charge in [0.2, 0.25) is 5.91 Å². The molecule has 5 rings (SSSR count). The molecule has 3 aliphatic rings. The summed E-state index contributed by atoms with van der Waals surface area (Å²) in [5, 5.41) is 4.85. The van der Waals surface area contributed by atoms with Crippen molar-refractivity contribution in [3.8, 4) is 0 Å². The number of hydrogen-bond donors (Lipinski definition) is 1. The van der Waals surface area contributed by atoms with E-state index in [2.05, 4.69) is 10.2 Å². The van der Waals surface area contributed by atoms with Crippen molar-refractivity contribution in [3.05, 3.63) is 48.0 Å². The van der Waals surface area contributed by atoms with Gasteiger partial charge in [-0.3, -0.25) is 14.5 Å². The second-order valence-corrected chi connectivity index (χ2v) is 10.4. The molecular weight excluding hydrogens is 426 g/mol. The molecule has 2 saturated carbocycles. The second-order valence-electron chi connectivity index (χ2n) is 10.4. The monoisotopic (exact) mass is 461 g/mol. The Bertz CT molecular complexity index is 1060. The van der Waals surface area contributed by atoms with E-state index in [0.717, 1.165) is 72.6 Å². The second kappa shape index (κ2) is 9.40. The lowest BCUT2D eigenvalue weighted by molar-refractivity contribution is -0.143. The number of carbonyl (C=O) groups is 3. The zero-order valence-corrected chi connectivity index (χ0v) is 20.1. The van der Waals surface area contributed by atoms with E-state index in [1.807, 2.05) is 42.5 Å². The van der Waals surface area contributed by atoms with Crippen LogP contribution < -0.4 is 5.32 Å². The lowest BCUT2D eigenvalue weighted by atomic mass is 9.87. The number of nitrogens with one attached hydrogen (secondary N) is 1. The van der Waals surface area contributed by atoms with Gasteiger partial charge in [-0.25, -0.2) is 4.79 Å². The fourth-order valence-electron chi connectivity index (χ4n) is 6.33. The molecule has 1 heterocycles. The Morgan fingerprint density at radius 2 is 1.50 bits per heavy atom. The molecule has 1 aliphatic heterocycles. The van der Waals surface area contributed by atoms with Crippen LogP contribution in [0.5, 0.6) is 0 Å². The Morgan fingerprint density at radius 1 is 0.912 bits per heavy atom. The maximum Gasteiger partial charge on any atom is 0.325 e. The van der Waals surface area contributed by atoms with Gasteiger partial charge in [-0.15, -0.1) is 0 Å². The van der Waals surface area contributed by atoms with Gasteiger partial charge in [0.1, 0.15) is 12.1 Å². The Morgan fingerprint density at radius 3 is 2.15 bits per heavy atom. The zero-order chi connectivity index (χ0) is 23.7. The maximum atomic E-state index is 13.7. The normalized spacial score (nSPS) is 24.4. The number of nitrogens with zero attached hydrogens (tertiary/aromatic N) is 2. The average Bonchev–Trinajstić information content (AvgIpc) is 3.09. The van der Waals surface area contributed by atoms with Crippen molar-refractivity contribution in [1.82, 2.24) is 15.1 Å². The van der Waals surface area contributed by atoms with Crippen LogP contribution in [0.1, 0.15) is 76.7 Å². The molecule has 4 amide bonds. The van der Waals surface area contributed by atoms with Gasteiger partial charge in [0, 0.05) is 12.1 Å². The molecule has 1 atom stereocenters. The van der Waals surface area contributed by atoms with Crippen molar-refractivity contribution < 1.29 is 14.4 Å². The number of urea groups is 1. The Hall–Kier alpha value is -2.89. The molecule has 2 aromatic rings. The van der Waals surface area contributed by atoms with E-state index in [1.165, 1.54) is 12.8 Å². The van der Waals surface area contributed by atoms with Gasteiger partial charge >= 0.3 is 6.03 Å². The van der Waals surface area contributed by atoms with Gasteiger partial charge in [0.15, 0.2) is 0 Å². The van der Waals surface area contributed by atoms with Crippen molar-refractivity contribution >= 4 is 28.6 Å². The van der Waals surface area contributed by atoms with E-state index in [-0.39, 0.29) is 30.4 Å².